The summed E-state index contributed by atoms with van der Waals surface area (Å²) in [6.07, 6.45) is 7.45. The van der Waals surface area contributed by atoms with Gasteiger partial charge >= 0.3 is 50.1 Å². The van der Waals surface area contributed by atoms with Gasteiger partial charge in [-0.15, -0.1) is 0 Å². The number of aliphatic carboxylic acids is 1. The molecule has 0 bridgehead atoms. The largest absolute Gasteiger partial charge is 3.00 e. The molecular formula is C20H25F6MnN5O3P. The van der Waals surface area contributed by atoms with E-state index in [0.29, 0.717) is 0 Å². The average molecular weight is 583 g/mol. The fraction of sp³-hybridized carbons (Fsp3) is 0.300. The fourth-order valence-corrected chi connectivity index (χ4v) is 2.36. The van der Waals surface area contributed by atoms with E-state index in [1.165, 1.54) is 0 Å². The van der Waals surface area contributed by atoms with Crippen molar-refractivity contribution in [2.45, 2.75) is 26.6 Å². The van der Waals surface area contributed by atoms with Crippen molar-refractivity contribution in [3.63, 3.8) is 0 Å². The van der Waals surface area contributed by atoms with E-state index in [1.807, 2.05) is 72.8 Å². The van der Waals surface area contributed by atoms with Gasteiger partial charge in [-0.3, -0.25) is 14.9 Å². The Kier molecular flexibility index (Phi) is 14.7. The minimum atomic E-state index is -10.7. The van der Waals surface area contributed by atoms with Gasteiger partial charge in [0.2, 0.25) is 0 Å². The minimum absolute atomic E-state index is 0. The number of carboxylic acids is 1. The summed E-state index contributed by atoms with van der Waals surface area (Å²) in [5, 5.41) is 17.1. The van der Waals surface area contributed by atoms with Crippen LogP contribution in [0.5, 0.6) is 0 Å². The number of imidazole rings is 1. The van der Waals surface area contributed by atoms with Gasteiger partial charge in [0, 0.05) is 50.9 Å². The van der Waals surface area contributed by atoms with E-state index in [4.69, 9.17) is 15.0 Å². The summed E-state index contributed by atoms with van der Waals surface area (Å²) in [5.74, 6) is -0.0492. The van der Waals surface area contributed by atoms with Crippen LogP contribution in [0.4, 0.5) is 25.2 Å². The van der Waals surface area contributed by atoms with Crippen molar-refractivity contribution in [2.75, 3.05) is 7.11 Å². The second kappa shape index (κ2) is 14.9. The minimum Gasteiger partial charge on any atom is 3.00 e. The Morgan fingerprint density at radius 3 is 1.53 bits per heavy atom. The average Bonchev–Trinajstić information content (AvgIpc) is 3.13. The number of halogens is 6. The molecule has 3 rings (SSSR count). The predicted octanol–water partition coefficient (Wildman–Crippen LogP) is 3.53. The molecule has 0 aliphatic heterocycles. The summed E-state index contributed by atoms with van der Waals surface area (Å²) in [5.41, 5.74) is 2.10. The molecule has 0 spiro atoms. The quantitative estimate of drug-likeness (QED) is 0.248. The third kappa shape index (κ3) is 23.2. The Balaban J connectivity index is 0. The van der Waals surface area contributed by atoms with Gasteiger partial charge in [0.1, 0.15) is 5.82 Å². The number of hydrogen-bond acceptors (Lipinski definition) is 7. The number of pyridine rings is 2. The van der Waals surface area contributed by atoms with Crippen LogP contribution in [0.2, 0.25) is 0 Å². The maximum atomic E-state index is 9.87. The summed E-state index contributed by atoms with van der Waals surface area (Å²) in [6, 6.07) is 12.0. The molecule has 0 N–H and O–H groups in total. The predicted molar refractivity (Wildman–Crippen MR) is 115 cm³/mol. The van der Waals surface area contributed by atoms with Crippen molar-refractivity contribution >= 4 is 13.8 Å². The Morgan fingerprint density at radius 1 is 0.861 bits per heavy atom. The van der Waals surface area contributed by atoms with Crippen LogP contribution in [-0.2, 0) is 48.5 Å². The summed E-state index contributed by atoms with van der Waals surface area (Å²) >= 11 is 0. The van der Waals surface area contributed by atoms with Gasteiger partial charge in [0.05, 0.1) is 17.9 Å². The first-order chi connectivity index (χ1) is 16.0. The zero-order valence-electron chi connectivity index (χ0n) is 19.4. The molecule has 202 valence electrons. The molecule has 16 heteroatoms. The molecule has 0 aliphatic carbocycles. The zero-order valence-corrected chi connectivity index (χ0v) is 21.5. The van der Waals surface area contributed by atoms with Crippen molar-refractivity contribution in [1.82, 2.24) is 24.4 Å². The number of carbonyl (C=O) groups excluding carboxylic acids is 1. The van der Waals surface area contributed by atoms with Crippen molar-refractivity contribution in [1.29, 1.82) is 0 Å². The smallest absolute Gasteiger partial charge is 3.00 e. The molecular weight excluding hydrogens is 558 g/mol. The number of carboxylic acid groups (broad SMARTS) is 1. The van der Waals surface area contributed by atoms with Gasteiger partial charge in [-0.25, -0.2) is 4.98 Å². The molecule has 8 nitrogen and oxygen atoms in total. The molecule has 0 aromatic carbocycles. The maximum Gasteiger partial charge on any atom is 3.00 e. The second-order valence-electron chi connectivity index (χ2n) is 6.69. The molecule has 0 radical (unpaired) electrons. The molecule has 3 aromatic heterocycles. The van der Waals surface area contributed by atoms with Crippen LogP contribution in [0.1, 0.15) is 24.1 Å². The van der Waals surface area contributed by atoms with E-state index in [-0.39, 0.29) is 17.1 Å². The van der Waals surface area contributed by atoms with E-state index in [1.54, 1.807) is 0 Å². The van der Waals surface area contributed by atoms with Crippen LogP contribution < -0.4 is 10.2 Å². The maximum absolute atomic E-state index is 10.7. The Hall–Kier alpha value is -2.57. The number of rotatable bonds is 6. The molecule has 3 heterocycles. The summed E-state index contributed by atoms with van der Waals surface area (Å²) in [6.45, 7) is 3.27. The first-order valence-electron chi connectivity index (χ1n) is 9.63. The molecule has 0 atom stereocenters. The van der Waals surface area contributed by atoms with Crippen molar-refractivity contribution in [2.24, 2.45) is 7.05 Å². The van der Waals surface area contributed by atoms with Crippen LogP contribution >= 0.6 is 7.81 Å². The molecule has 3 aromatic rings. The van der Waals surface area contributed by atoms with Crippen molar-refractivity contribution < 1.29 is 57.3 Å². The van der Waals surface area contributed by atoms with Crippen molar-refractivity contribution in [3.05, 3.63) is 78.4 Å². The first-order valence-corrected chi connectivity index (χ1v) is 11.7. The number of hydrogen-bond donors (Lipinski definition) is 0. The zero-order chi connectivity index (χ0) is 27.2. The van der Waals surface area contributed by atoms with Crippen LogP contribution in [0.25, 0.3) is 0 Å². The normalized spacial score (nSPS) is 12.1. The molecule has 0 fully saturated rings. The van der Waals surface area contributed by atoms with Crippen LogP contribution in [-0.4, -0.2) is 37.5 Å². The topological polar surface area (TPSA) is 110 Å². The van der Waals surface area contributed by atoms with Gasteiger partial charge in [-0.05, 0) is 31.2 Å². The van der Waals surface area contributed by atoms with Gasteiger partial charge in [-0.2, -0.15) is 7.11 Å². The van der Waals surface area contributed by atoms with Crippen LogP contribution in [0.15, 0.2) is 61.2 Å². The van der Waals surface area contributed by atoms with Gasteiger partial charge in [0.25, 0.3) is 0 Å². The summed E-state index contributed by atoms with van der Waals surface area (Å²) in [7, 11) is -7.89. The van der Waals surface area contributed by atoms with E-state index in [2.05, 4.69) is 19.9 Å². The number of nitrogens with zero attached hydrogens (tertiary/aromatic N) is 5. The van der Waals surface area contributed by atoms with Gasteiger partial charge < -0.3 is 19.6 Å². The first kappa shape index (κ1) is 35.6. The number of aromatic nitrogens is 4. The molecule has 0 amide bonds. The van der Waals surface area contributed by atoms with Crippen molar-refractivity contribution in [3.8, 4) is 0 Å². The molecule has 36 heavy (non-hydrogen) atoms. The van der Waals surface area contributed by atoms with Gasteiger partial charge in [0.15, 0.2) is 0 Å². The molecule has 0 saturated carbocycles. The number of carbonyl (C=O) groups is 1. The standard InChI is InChI=1S/C17H19N5.C2H4O2.CH3O.F6P.Mn/c1-21-11-10-20-17(21)14-22(12-15-6-2-4-8-18-15)13-16-7-3-5-9-19-16;1-2(3)4;1-2;1-7(2,3,4,5)6;/h2-11H,12-14H2,1H3;1H3,(H,3,4);1H3;;/q;;2*-1;+3/p-1. The van der Waals surface area contributed by atoms with Crippen LogP contribution in [0.3, 0.4) is 0 Å². The van der Waals surface area contributed by atoms with E-state index in [9.17, 15) is 25.2 Å². The third-order valence-corrected chi connectivity index (χ3v) is 3.51. The molecule has 0 unspecified atom stereocenters. The Morgan fingerprint density at radius 2 is 1.25 bits per heavy atom. The van der Waals surface area contributed by atoms with Crippen LogP contribution in [0, 0.1) is 0 Å². The third-order valence-electron chi connectivity index (χ3n) is 3.51. The number of aryl methyl sites for hydroxylation is 1. The van der Waals surface area contributed by atoms with E-state index in [0.717, 1.165) is 50.9 Å². The molecule has 0 saturated heterocycles. The Bertz CT molecular complexity index is 956. The van der Waals surface area contributed by atoms with E-state index < -0.39 is 13.8 Å². The van der Waals surface area contributed by atoms with Gasteiger partial charge in [-0.1, -0.05) is 12.1 Å². The van der Waals surface area contributed by atoms with E-state index >= 15 is 0 Å². The second-order valence-corrected chi connectivity index (χ2v) is 8.61. The summed E-state index contributed by atoms with van der Waals surface area (Å²) < 4.78 is 61.2. The molecule has 0 aliphatic rings. The SMILES string of the molecule is CC(=O)[O-].C[O-].Cn1ccnc1CN(Cc1ccccn1)Cc1ccccn1.F[P-](F)(F)(F)(F)F.[Mn+3]. The monoisotopic (exact) mass is 583 g/mol. The Labute approximate surface area is 214 Å². The fourth-order valence-electron chi connectivity index (χ4n) is 2.36. The summed E-state index contributed by atoms with van der Waals surface area (Å²) in [4.78, 5) is 24.5.